The lowest BCUT2D eigenvalue weighted by Gasteiger charge is -2.26. The molecular weight excluding hydrogens is 460 g/mol. The molecule has 1 aliphatic heterocycles. The number of aromatic amines is 1. The first-order chi connectivity index (χ1) is 17.5. The fourth-order valence-electron chi connectivity index (χ4n) is 4.86. The molecule has 5 rings (SSSR count). The smallest absolute Gasteiger partial charge is 0.219 e. The van der Waals surface area contributed by atoms with E-state index >= 15 is 0 Å². The predicted molar refractivity (Wildman–Crippen MR) is 136 cm³/mol. The van der Waals surface area contributed by atoms with E-state index in [2.05, 4.69) is 24.8 Å². The Hall–Kier alpha value is -3.76. The number of rotatable bonds is 9. The first-order valence-corrected chi connectivity index (χ1v) is 12.1. The van der Waals surface area contributed by atoms with E-state index in [9.17, 15) is 15.0 Å². The quantitative estimate of drug-likeness (QED) is 0.326. The highest BCUT2D eigenvalue weighted by molar-refractivity contribution is 5.91. The lowest BCUT2D eigenvalue weighted by atomic mass is 10.0. The first kappa shape index (κ1) is 24.0. The molecule has 10 nitrogen and oxygen atoms in total. The molecule has 2 atom stereocenters. The van der Waals surface area contributed by atoms with Crippen molar-refractivity contribution in [3.05, 3.63) is 54.6 Å². The molecule has 36 heavy (non-hydrogen) atoms. The summed E-state index contributed by atoms with van der Waals surface area (Å²) in [7, 11) is 0. The largest absolute Gasteiger partial charge is 0.491 e. The maximum Gasteiger partial charge on any atom is 0.219 e. The molecule has 0 bridgehead atoms. The summed E-state index contributed by atoms with van der Waals surface area (Å²) in [5.74, 6) is 1.46. The van der Waals surface area contributed by atoms with Crippen LogP contribution in [-0.2, 0) is 11.3 Å². The number of fused-ring (bicyclic) bond motifs is 2. The average Bonchev–Trinajstić information content (AvgIpc) is 3.57. The summed E-state index contributed by atoms with van der Waals surface area (Å²) in [6.07, 6.45) is 4.25. The van der Waals surface area contributed by atoms with E-state index in [0.717, 1.165) is 52.8 Å². The minimum atomic E-state index is -0.977. The molecule has 10 heteroatoms. The van der Waals surface area contributed by atoms with Gasteiger partial charge in [-0.25, -0.2) is 15.0 Å². The monoisotopic (exact) mass is 490 g/mol. The maximum atomic E-state index is 12.2. The number of nitrogens with zero attached hydrogens (tertiary/aromatic N) is 5. The van der Waals surface area contributed by atoms with Crippen LogP contribution in [0.25, 0.3) is 21.9 Å². The highest BCUT2D eigenvalue weighted by Crippen LogP contribution is 2.32. The van der Waals surface area contributed by atoms with Crippen LogP contribution in [0.1, 0.15) is 25.3 Å². The number of aliphatic hydroxyl groups is 2. The fraction of sp³-hybridized carbons (Fsp3) is 0.385. The van der Waals surface area contributed by atoms with Crippen LogP contribution in [0.15, 0.2) is 49.1 Å². The van der Waals surface area contributed by atoms with Gasteiger partial charge in [0.05, 0.1) is 25.1 Å². The third-order valence-corrected chi connectivity index (χ3v) is 6.71. The zero-order valence-electron chi connectivity index (χ0n) is 20.2. The Labute approximate surface area is 208 Å². The van der Waals surface area contributed by atoms with Gasteiger partial charge in [-0.05, 0) is 29.9 Å². The zero-order valence-corrected chi connectivity index (χ0v) is 20.2. The lowest BCUT2D eigenvalue weighted by Crippen LogP contribution is -2.37. The number of anilines is 1. The number of H-pyrrole nitrogens is 1. The van der Waals surface area contributed by atoms with Gasteiger partial charge < -0.3 is 29.7 Å². The minimum Gasteiger partial charge on any atom is -0.491 e. The number of nitrogens with one attached hydrogen (secondary N) is 1. The second kappa shape index (κ2) is 10.5. The van der Waals surface area contributed by atoms with Crippen LogP contribution in [0.2, 0.25) is 0 Å². The normalized spacial score (nSPS) is 16.5. The molecule has 1 aliphatic rings. The highest BCUT2D eigenvalue weighted by atomic mass is 16.5. The Balaban J connectivity index is 1.36. The second-order valence-corrected chi connectivity index (χ2v) is 9.10. The third-order valence-electron chi connectivity index (χ3n) is 6.71. The van der Waals surface area contributed by atoms with E-state index in [1.807, 2.05) is 36.4 Å². The number of carbonyl (C=O) groups excluding carboxylic acids is 1. The molecule has 0 saturated carbocycles. The van der Waals surface area contributed by atoms with E-state index in [4.69, 9.17) is 4.74 Å². The molecular formula is C26H30N6O4. The number of imidazole rings is 1. The summed E-state index contributed by atoms with van der Waals surface area (Å²) in [6.45, 7) is 2.87. The molecule has 2 aromatic carbocycles. The summed E-state index contributed by atoms with van der Waals surface area (Å²) in [5, 5.41) is 21.0. The van der Waals surface area contributed by atoms with Gasteiger partial charge in [-0.15, -0.1) is 0 Å². The predicted octanol–water partition coefficient (Wildman–Crippen LogP) is 2.26. The Morgan fingerprint density at radius 3 is 2.86 bits per heavy atom. The van der Waals surface area contributed by atoms with Crippen molar-refractivity contribution in [2.45, 2.75) is 38.5 Å². The molecule has 1 fully saturated rings. The number of carbonyl (C=O) groups is 1. The summed E-state index contributed by atoms with van der Waals surface area (Å²) in [5.41, 5.74) is 2.43. The van der Waals surface area contributed by atoms with E-state index in [1.165, 1.54) is 11.8 Å². The number of hydrogen-bond donors (Lipinski definition) is 3. The minimum absolute atomic E-state index is 0.0720. The van der Waals surface area contributed by atoms with Gasteiger partial charge in [0.15, 0.2) is 11.5 Å². The van der Waals surface area contributed by atoms with E-state index < -0.39 is 12.7 Å². The first-order valence-electron chi connectivity index (χ1n) is 12.1. The topological polar surface area (TPSA) is 128 Å². The summed E-state index contributed by atoms with van der Waals surface area (Å²) in [6, 6.07) is 12.0. The van der Waals surface area contributed by atoms with Crippen molar-refractivity contribution in [2.75, 3.05) is 31.2 Å². The van der Waals surface area contributed by atoms with Crippen LogP contribution in [0, 0.1) is 0 Å². The lowest BCUT2D eigenvalue weighted by molar-refractivity contribution is -0.131. The number of aliphatic hydroxyl groups excluding tert-OH is 2. The number of aromatic nitrogens is 4. The Morgan fingerprint density at radius 2 is 2.06 bits per heavy atom. The zero-order chi connectivity index (χ0) is 25.1. The Kier molecular flexibility index (Phi) is 6.97. The van der Waals surface area contributed by atoms with Gasteiger partial charge in [0, 0.05) is 31.9 Å². The molecule has 4 aromatic rings. The van der Waals surface area contributed by atoms with Crippen molar-refractivity contribution in [3.8, 4) is 5.75 Å². The SMILES string of the molecule is CC(=O)N(Cc1ccc(OC[C@H]2CCCN2c2ncnc3nc[nH]c23)c2ccccc12)CC(O)CO. The van der Waals surface area contributed by atoms with Gasteiger partial charge in [0.1, 0.15) is 24.2 Å². The average molecular weight is 491 g/mol. The van der Waals surface area contributed by atoms with Crippen LogP contribution in [-0.4, -0.2) is 79.4 Å². The van der Waals surface area contributed by atoms with Crippen LogP contribution in [0.3, 0.4) is 0 Å². The Bertz CT molecular complexity index is 1360. The van der Waals surface area contributed by atoms with Gasteiger partial charge in [-0.2, -0.15) is 0 Å². The highest BCUT2D eigenvalue weighted by Gasteiger charge is 2.28. The van der Waals surface area contributed by atoms with Crippen molar-refractivity contribution in [1.82, 2.24) is 24.8 Å². The van der Waals surface area contributed by atoms with E-state index in [1.54, 1.807) is 12.7 Å². The third kappa shape index (κ3) is 4.82. The summed E-state index contributed by atoms with van der Waals surface area (Å²) < 4.78 is 6.37. The molecule has 0 aliphatic carbocycles. The van der Waals surface area contributed by atoms with Crippen molar-refractivity contribution in [3.63, 3.8) is 0 Å². The standard InChI is InChI=1S/C26H30N6O4/c1-17(34)31(12-20(35)13-33)11-18-8-9-23(22-7-3-2-6-21(18)22)36-14-19-5-4-10-32(19)26-24-25(28-15-27-24)29-16-30-26/h2-3,6-9,15-16,19-20,33,35H,4-5,10-14H2,1H3,(H,27,28,29,30)/t19-,20?/m1/s1. The molecule has 188 valence electrons. The second-order valence-electron chi connectivity index (χ2n) is 9.10. The van der Waals surface area contributed by atoms with Gasteiger partial charge in [0.25, 0.3) is 0 Å². The summed E-state index contributed by atoms with van der Waals surface area (Å²) >= 11 is 0. The molecule has 0 spiro atoms. The fourth-order valence-corrected chi connectivity index (χ4v) is 4.86. The van der Waals surface area contributed by atoms with Crippen LogP contribution in [0.4, 0.5) is 5.82 Å². The summed E-state index contributed by atoms with van der Waals surface area (Å²) in [4.78, 5) is 32.1. The van der Waals surface area contributed by atoms with Crippen molar-refractivity contribution in [1.29, 1.82) is 0 Å². The molecule has 0 radical (unpaired) electrons. The molecule has 3 N–H and O–H groups in total. The van der Waals surface area contributed by atoms with Crippen LogP contribution >= 0.6 is 0 Å². The van der Waals surface area contributed by atoms with E-state index in [-0.39, 0.29) is 18.5 Å². The number of benzene rings is 2. The molecule has 1 saturated heterocycles. The van der Waals surface area contributed by atoms with Crippen molar-refractivity contribution >= 4 is 33.7 Å². The molecule has 1 amide bonds. The molecule has 1 unspecified atom stereocenters. The van der Waals surface area contributed by atoms with Gasteiger partial charge in [-0.1, -0.05) is 30.3 Å². The van der Waals surface area contributed by atoms with Gasteiger partial charge in [0.2, 0.25) is 5.91 Å². The molecule has 3 heterocycles. The van der Waals surface area contributed by atoms with Crippen molar-refractivity contribution < 1.29 is 19.7 Å². The Morgan fingerprint density at radius 1 is 1.22 bits per heavy atom. The van der Waals surface area contributed by atoms with Crippen molar-refractivity contribution in [2.24, 2.45) is 0 Å². The van der Waals surface area contributed by atoms with Crippen LogP contribution in [0.5, 0.6) is 5.75 Å². The van der Waals surface area contributed by atoms with Gasteiger partial charge >= 0.3 is 0 Å². The van der Waals surface area contributed by atoms with Gasteiger partial charge in [-0.3, -0.25) is 4.79 Å². The maximum absolute atomic E-state index is 12.2. The molecule has 2 aromatic heterocycles. The number of hydrogen-bond acceptors (Lipinski definition) is 8. The number of ether oxygens (including phenoxy) is 1. The number of amides is 1. The van der Waals surface area contributed by atoms with Crippen LogP contribution < -0.4 is 9.64 Å². The van der Waals surface area contributed by atoms with E-state index in [0.29, 0.717) is 18.8 Å².